The second-order valence-corrected chi connectivity index (χ2v) is 5.76. The van der Waals surface area contributed by atoms with Crippen molar-refractivity contribution in [2.75, 3.05) is 19.8 Å². The van der Waals surface area contributed by atoms with Crippen molar-refractivity contribution in [3.8, 4) is 0 Å². The van der Waals surface area contributed by atoms with E-state index in [1.807, 2.05) is 0 Å². The zero-order chi connectivity index (χ0) is 14.4. The maximum absolute atomic E-state index is 11.9. The van der Waals surface area contributed by atoms with Crippen molar-refractivity contribution in [2.45, 2.75) is 12.8 Å². The molecular formula is C14H17NO4S. The van der Waals surface area contributed by atoms with Crippen LogP contribution in [0.25, 0.3) is 6.08 Å². The van der Waals surface area contributed by atoms with E-state index >= 15 is 0 Å². The van der Waals surface area contributed by atoms with Crippen molar-refractivity contribution in [1.29, 1.82) is 0 Å². The summed E-state index contributed by atoms with van der Waals surface area (Å²) in [6.07, 6.45) is 4.55. The van der Waals surface area contributed by atoms with Gasteiger partial charge in [0.15, 0.2) is 0 Å². The number of carboxylic acid groups (broad SMARTS) is 1. The highest BCUT2D eigenvalue weighted by atomic mass is 32.1. The highest BCUT2D eigenvalue weighted by molar-refractivity contribution is 7.14. The Morgan fingerprint density at radius 2 is 2.35 bits per heavy atom. The monoisotopic (exact) mass is 295 g/mol. The largest absolute Gasteiger partial charge is 0.478 e. The molecule has 1 aliphatic heterocycles. The smallest absolute Gasteiger partial charge is 0.328 e. The van der Waals surface area contributed by atoms with Crippen molar-refractivity contribution in [3.63, 3.8) is 0 Å². The average Bonchev–Trinajstić information content (AvgIpc) is 3.07. The average molecular weight is 295 g/mol. The first-order chi connectivity index (χ1) is 9.65. The summed E-state index contributed by atoms with van der Waals surface area (Å²) in [6, 6.07) is 3.45. The lowest BCUT2D eigenvalue weighted by Crippen LogP contribution is -2.25. The van der Waals surface area contributed by atoms with Gasteiger partial charge in [-0.25, -0.2) is 4.79 Å². The number of aliphatic carboxylic acids is 1. The van der Waals surface area contributed by atoms with E-state index in [9.17, 15) is 9.59 Å². The number of nitrogens with one attached hydrogen (secondary N) is 1. The van der Waals surface area contributed by atoms with Crippen molar-refractivity contribution in [3.05, 3.63) is 28.0 Å². The molecular weight excluding hydrogens is 278 g/mol. The van der Waals surface area contributed by atoms with Gasteiger partial charge < -0.3 is 15.2 Å². The number of carboxylic acids is 1. The standard InChI is InChI=1S/C14H17NO4S/c16-13(17)4-2-11-1-3-12(20-11)14(18)15-7-5-10-6-8-19-9-10/h1-4,10H,5-9H2,(H,15,18)(H,16,17)/b4-2+. The minimum absolute atomic E-state index is 0.108. The zero-order valence-corrected chi connectivity index (χ0v) is 11.8. The number of ether oxygens (including phenoxy) is 1. The van der Waals surface area contributed by atoms with Crippen LogP contribution in [0.2, 0.25) is 0 Å². The molecule has 1 atom stereocenters. The van der Waals surface area contributed by atoms with Crippen molar-refractivity contribution < 1.29 is 19.4 Å². The number of rotatable bonds is 6. The maximum atomic E-state index is 11.9. The predicted molar refractivity (Wildman–Crippen MR) is 76.9 cm³/mol. The Labute approximate surface area is 121 Å². The molecule has 20 heavy (non-hydrogen) atoms. The van der Waals surface area contributed by atoms with Gasteiger partial charge in [0, 0.05) is 30.7 Å². The fourth-order valence-electron chi connectivity index (χ4n) is 2.01. The Bertz CT molecular complexity index is 503. The van der Waals surface area contributed by atoms with E-state index in [4.69, 9.17) is 9.84 Å². The minimum atomic E-state index is -0.997. The van der Waals surface area contributed by atoms with Gasteiger partial charge in [-0.15, -0.1) is 11.3 Å². The van der Waals surface area contributed by atoms with Crippen LogP contribution in [0.15, 0.2) is 18.2 Å². The van der Waals surface area contributed by atoms with Gasteiger partial charge in [-0.1, -0.05) is 0 Å². The molecule has 0 radical (unpaired) electrons. The summed E-state index contributed by atoms with van der Waals surface area (Å²) in [5.41, 5.74) is 0. The van der Waals surface area contributed by atoms with Crippen LogP contribution in [0, 0.1) is 5.92 Å². The highest BCUT2D eigenvalue weighted by Crippen LogP contribution is 2.18. The third-order valence-corrected chi connectivity index (χ3v) is 4.15. The molecule has 2 heterocycles. The Kier molecular flexibility index (Phi) is 5.31. The number of carbonyl (C=O) groups excluding carboxylic acids is 1. The second-order valence-electron chi connectivity index (χ2n) is 4.65. The predicted octanol–water partition coefficient (Wildman–Crippen LogP) is 2.00. The summed E-state index contributed by atoms with van der Waals surface area (Å²) in [5.74, 6) is -0.556. The van der Waals surface area contributed by atoms with Crippen LogP contribution in [0.1, 0.15) is 27.4 Å². The molecule has 1 unspecified atom stereocenters. The van der Waals surface area contributed by atoms with Crippen LogP contribution in [0.3, 0.4) is 0 Å². The van der Waals surface area contributed by atoms with Crippen molar-refractivity contribution in [2.24, 2.45) is 5.92 Å². The van der Waals surface area contributed by atoms with Crippen LogP contribution >= 0.6 is 11.3 Å². The molecule has 0 aliphatic carbocycles. The van der Waals surface area contributed by atoms with E-state index in [-0.39, 0.29) is 5.91 Å². The molecule has 1 amide bonds. The minimum Gasteiger partial charge on any atom is -0.478 e. The zero-order valence-electron chi connectivity index (χ0n) is 11.0. The molecule has 1 saturated heterocycles. The third kappa shape index (κ3) is 4.47. The van der Waals surface area contributed by atoms with Crippen molar-refractivity contribution >= 4 is 29.3 Å². The summed E-state index contributed by atoms with van der Waals surface area (Å²) in [6.45, 7) is 2.26. The lowest BCUT2D eigenvalue weighted by molar-refractivity contribution is -0.131. The quantitative estimate of drug-likeness (QED) is 0.787. The molecule has 1 aromatic rings. The molecule has 1 aliphatic rings. The van der Waals surface area contributed by atoms with Crippen LogP contribution in [-0.2, 0) is 9.53 Å². The molecule has 0 saturated carbocycles. The fraction of sp³-hybridized carbons (Fsp3) is 0.429. The number of hydrogen-bond acceptors (Lipinski definition) is 4. The lowest BCUT2D eigenvalue weighted by Gasteiger charge is -2.07. The topological polar surface area (TPSA) is 75.6 Å². The molecule has 1 aromatic heterocycles. The first kappa shape index (κ1) is 14.7. The summed E-state index contributed by atoms with van der Waals surface area (Å²) in [7, 11) is 0. The van der Waals surface area contributed by atoms with E-state index in [0.29, 0.717) is 17.3 Å². The number of carbonyl (C=O) groups is 2. The molecule has 2 rings (SSSR count). The van der Waals surface area contributed by atoms with E-state index in [2.05, 4.69) is 5.32 Å². The van der Waals surface area contributed by atoms with Crippen LogP contribution < -0.4 is 5.32 Å². The molecule has 1 fully saturated rings. The van der Waals surface area contributed by atoms with Gasteiger partial charge in [-0.2, -0.15) is 0 Å². The Morgan fingerprint density at radius 3 is 3.05 bits per heavy atom. The SMILES string of the molecule is O=C(O)/C=C/c1ccc(C(=O)NCCC2CCOC2)s1. The molecule has 0 aromatic carbocycles. The van der Waals surface area contributed by atoms with Gasteiger partial charge in [-0.05, 0) is 37.0 Å². The van der Waals surface area contributed by atoms with E-state index in [0.717, 1.165) is 37.0 Å². The van der Waals surface area contributed by atoms with Gasteiger partial charge in [0.1, 0.15) is 0 Å². The molecule has 108 valence electrons. The first-order valence-electron chi connectivity index (χ1n) is 6.52. The van der Waals surface area contributed by atoms with E-state index in [1.54, 1.807) is 12.1 Å². The van der Waals surface area contributed by atoms with Gasteiger partial charge in [0.05, 0.1) is 4.88 Å². The van der Waals surface area contributed by atoms with Crippen LogP contribution in [0.5, 0.6) is 0 Å². The molecule has 0 spiro atoms. The third-order valence-electron chi connectivity index (χ3n) is 3.10. The van der Waals surface area contributed by atoms with Crippen LogP contribution in [-0.4, -0.2) is 36.7 Å². The second kappa shape index (κ2) is 7.21. The maximum Gasteiger partial charge on any atom is 0.328 e. The summed E-state index contributed by atoms with van der Waals surface area (Å²) >= 11 is 1.28. The molecule has 0 bridgehead atoms. The van der Waals surface area contributed by atoms with Gasteiger partial charge in [-0.3, -0.25) is 4.79 Å². The number of hydrogen-bond donors (Lipinski definition) is 2. The molecule has 5 nitrogen and oxygen atoms in total. The Hall–Kier alpha value is -1.66. The number of amides is 1. The Morgan fingerprint density at radius 1 is 1.50 bits per heavy atom. The normalized spacial score (nSPS) is 18.5. The van der Waals surface area contributed by atoms with E-state index in [1.165, 1.54) is 17.4 Å². The molecule has 6 heteroatoms. The first-order valence-corrected chi connectivity index (χ1v) is 7.33. The summed E-state index contributed by atoms with van der Waals surface area (Å²) in [4.78, 5) is 23.7. The van der Waals surface area contributed by atoms with Gasteiger partial charge >= 0.3 is 5.97 Å². The summed E-state index contributed by atoms with van der Waals surface area (Å²) in [5, 5.41) is 11.4. The molecule has 2 N–H and O–H groups in total. The van der Waals surface area contributed by atoms with Gasteiger partial charge in [0.25, 0.3) is 5.91 Å². The summed E-state index contributed by atoms with van der Waals surface area (Å²) < 4.78 is 5.28. The Balaban J connectivity index is 1.78. The van der Waals surface area contributed by atoms with E-state index < -0.39 is 5.97 Å². The fourth-order valence-corrected chi connectivity index (χ4v) is 2.83. The van der Waals surface area contributed by atoms with Crippen molar-refractivity contribution in [1.82, 2.24) is 5.32 Å². The van der Waals surface area contributed by atoms with Crippen LogP contribution in [0.4, 0.5) is 0 Å². The lowest BCUT2D eigenvalue weighted by atomic mass is 10.1. The highest BCUT2D eigenvalue weighted by Gasteiger charge is 2.15. The van der Waals surface area contributed by atoms with Gasteiger partial charge in [0.2, 0.25) is 0 Å². The number of thiophene rings is 1.